The molecule has 0 N–H and O–H groups in total. The van der Waals surface area contributed by atoms with E-state index in [1.165, 1.54) is 12.2 Å². The minimum Gasteiger partial charge on any atom is -0.290 e. The molecule has 1 aliphatic rings. The molecule has 1 aliphatic heterocycles. The lowest BCUT2D eigenvalue weighted by molar-refractivity contribution is -0.110. The van der Waals surface area contributed by atoms with Crippen LogP contribution in [0.25, 0.3) is 0 Å². The number of nitrogens with zero attached hydrogens (tertiary/aromatic N) is 1. The number of carbonyl (C=O) groups excluding carboxylic acids is 1. The van der Waals surface area contributed by atoms with Crippen molar-refractivity contribution in [1.29, 1.82) is 0 Å². The lowest BCUT2D eigenvalue weighted by Gasteiger charge is -2.11. The van der Waals surface area contributed by atoms with Crippen LogP contribution in [0.2, 0.25) is 0 Å². The zero-order chi connectivity index (χ0) is 9.68. The van der Waals surface area contributed by atoms with Crippen molar-refractivity contribution < 1.29 is 4.79 Å². The second kappa shape index (κ2) is 4.45. The maximum absolute atomic E-state index is 11.2. The molecule has 1 radical (unpaired) electrons. The molecule has 0 atom stereocenters. The Morgan fingerprint density at radius 1 is 1.15 bits per heavy atom. The molecular weight excluding hydrogens is 162 g/mol. The van der Waals surface area contributed by atoms with Crippen LogP contribution in [0, 0.1) is 0 Å². The molecule has 0 bridgehead atoms. The molecule has 2 heteroatoms. The van der Waals surface area contributed by atoms with E-state index in [0.29, 0.717) is 12.8 Å². The van der Waals surface area contributed by atoms with Gasteiger partial charge >= 0.3 is 0 Å². The first kappa shape index (κ1) is 9.52. The minimum absolute atomic E-state index is 0.00343. The van der Waals surface area contributed by atoms with Gasteiger partial charge in [-0.25, -0.2) is 0 Å². The summed E-state index contributed by atoms with van der Waals surface area (Å²) in [6, 6.07) is 0. The molecule has 0 aromatic heterocycles. The number of carbonyl (C=O) groups is 1. The summed E-state index contributed by atoms with van der Waals surface area (Å²) in [5.74, 6) is 0.00343. The summed E-state index contributed by atoms with van der Waals surface area (Å²) >= 11 is 0. The highest BCUT2D eigenvalue weighted by Crippen LogP contribution is 2.13. The Labute approximate surface area is 78.3 Å². The van der Waals surface area contributed by atoms with Crippen molar-refractivity contribution in [1.82, 2.24) is 5.32 Å². The number of allylic oxidation sites excluding steroid dienone is 4. The third-order valence-electron chi connectivity index (χ3n) is 1.61. The Bertz CT molecular complexity index is 269. The van der Waals surface area contributed by atoms with Crippen molar-refractivity contribution in [3.05, 3.63) is 48.9 Å². The highest BCUT2D eigenvalue weighted by atomic mass is 16.1. The third kappa shape index (κ3) is 2.75. The summed E-state index contributed by atoms with van der Waals surface area (Å²) in [5, 5.41) is 4.27. The topological polar surface area (TPSA) is 31.2 Å². The van der Waals surface area contributed by atoms with Gasteiger partial charge in [0.05, 0.1) is 0 Å². The van der Waals surface area contributed by atoms with E-state index in [4.69, 9.17) is 0 Å². The highest BCUT2D eigenvalue weighted by molar-refractivity contribution is 6.01. The van der Waals surface area contributed by atoms with Crippen molar-refractivity contribution in [2.75, 3.05) is 0 Å². The average Bonchev–Trinajstić information content (AvgIpc) is 2.04. The van der Waals surface area contributed by atoms with Crippen LogP contribution < -0.4 is 5.32 Å². The molecule has 13 heavy (non-hydrogen) atoms. The highest BCUT2D eigenvalue weighted by Gasteiger charge is 2.10. The van der Waals surface area contributed by atoms with Crippen molar-refractivity contribution in [3.8, 4) is 0 Å². The predicted molar refractivity (Wildman–Crippen MR) is 52.9 cm³/mol. The Hall–Kier alpha value is -1.57. The van der Waals surface area contributed by atoms with Gasteiger partial charge in [0.1, 0.15) is 0 Å². The third-order valence-corrected chi connectivity index (χ3v) is 1.61. The zero-order valence-corrected chi connectivity index (χ0v) is 7.49. The fourth-order valence-electron chi connectivity index (χ4n) is 1.12. The summed E-state index contributed by atoms with van der Waals surface area (Å²) < 4.78 is 0. The van der Waals surface area contributed by atoms with Crippen LogP contribution in [0.3, 0.4) is 0 Å². The average molecular weight is 174 g/mol. The lowest BCUT2D eigenvalue weighted by atomic mass is 10.1. The minimum atomic E-state index is 0.00343. The first-order chi connectivity index (χ1) is 6.26. The molecule has 67 valence electrons. The molecule has 0 amide bonds. The van der Waals surface area contributed by atoms with Crippen LogP contribution in [-0.4, -0.2) is 5.78 Å². The van der Waals surface area contributed by atoms with Gasteiger partial charge in [0.15, 0.2) is 5.78 Å². The van der Waals surface area contributed by atoms with Gasteiger partial charge in [0.25, 0.3) is 0 Å². The van der Waals surface area contributed by atoms with E-state index in [1.807, 2.05) is 0 Å². The first-order valence-corrected chi connectivity index (χ1v) is 4.15. The summed E-state index contributed by atoms with van der Waals surface area (Å²) in [5.41, 5.74) is 1.55. The summed E-state index contributed by atoms with van der Waals surface area (Å²) in [6.07, 6.45) is 7.82. The zero-order valence-electron chi connectivity index (χ0n) is 7.49. The molecule has 0 unspecified atom stereocenters. The van der Waals surface area contributed by atoms with Gasteiger partial charge in [-0.3, -0.25) is 10.1 Å². The Kier molecular flexibility index (Phi) is 3.26. The standard InChI is InChI=1S/C11H12NO/c1-3-5-9-7-11(13)8-10(12-9)6-4-2/h3-4,7-8H,1-2,5-6H2. The molecule has 0 aromatic rings. The predicted octanol–water partition coefficient (Wildman–Crippen LogP) is 2.09. The van der Waals surface area contributed by atoms with E-state index >= 15 is 0 Å². The Balaban J connectivity index is 2.69. The molecule has 1 rings (SSSR count). The largest absolute Gasteiger partial charge is 0.290 e. The Morgan fingerprint density at radius 3 is 2.00 bits per heavy atom. The summed E-state index contributed by atoms with van der Waals surface area (Å²) in [7, 11) is 0. The van der Waals surface area contributed by atoms with Gasteiger partial charge in [-0.15, -0.1) is 13.2 Å². The van der Waals surface area contributed by atoms with Crippen LogP contribution in [0.5, 0.6) is 0 Å². The molecule has 1 heterocycles. The van der Waals surface area contributed by atoms with Crippen molar-refractivity contribution in [2.45, 2.75) is 12.8 Å². The van der Waals surface area contributed by atoms with E-state index < -0.39 is 0 Å². The van der Waals surface area contributed by atoms with Crippen LogP contribution >= 0.6 is 0 Å². The first-order valence-electron chi connectivity index (χ1n) is 4.15. The van der Waals surface area contributed by atoms with Crippen molar-refractivity contribution >= 4 is 5.78 Å². The van der Waals surface area contributed by atoms with Gasteiger partial charge < -0.3 is 0 Å². The lowest BCUT2D eigenvalue weighted by Crippen LogP contribution is -2.12. The SMILES string of the molecule is C=CCC1=CC(=O)C=C(CC=C)[N]1. The van der Waals surface area contributed by atoms with Gasteiger partial charge in [0, 0.05) is 36.4 Å². The monoisotopic (exact) mass is 174 g/mol. The summed E-state index contributed by atoms with van der Waals surface area (Å²) in [6.45, 7) is 7.20. The number of hydrogen-bond donors (Lipinski definition) is 0. The van der Waals surface area contributed by atoms with E-state index in [0.717, 1.165) is 11.4 Å². The molecule has 0 aliphatic carbocycles. The summed E-state index contributed by atoms with van der Waals surface area (Å²) in [4.78, 5) is 11.2. The Morgan fingerprint density at radius 2 is 1.62 bits per heavy atom. The second-order valence-corrected chi connectivity index (χ2v) is 2.77. The number of hydrogen-bond acceptors (Lipinski definition) is 1. The van der Waals surface area contributed by atoms with Crippen LogP contribution in [0.15, 0.2) is 48.9 Å². The smallest absolute Gasteiger partial charge is 0.182 e. The normalized spacial score (nSPS) is 15.5. The molecule has 0 aromatic carbocycles. The van der Waals surface area contributed by atoms with E-state index in [2.05, 4.69) is 18.5 Å². The van der Waals surface area contributed by atoms with Crippen LogP contribution in [0.4, 0.5) is 0 Å². The molecular formula is C11H12NO. The maximum atomic E-state index is 11.2. The van der Waals surface area contributed by atoms with E-state index in [1.54, 1.807) is 12.2 Å². The molecule has 2 nitrogen and oxygen atoms in total. The fraction of sp³-hybridized carbons (Fsp3) is 0.182. The van der Waals surface area contributed by atoms with E-state index in [-0.39, 0.29) is 5.78 Å². The van der Waals surface area contributed by atoms with E-state index in [9.17, 15) is 4.79 Å². The van der Waals surface area contributed by atoms with Gasteiger partial charge in [0.2, 0.25) is 0 Å². The molecule has 0 saturated heterocycles. The van der Waals surface area contributed by atoms with Crippen LogP contribution in [-0.2, 0) is 4.79 Å². The second-order valence-electron chi connectivity index (χ2n) is 2.77. The molecule has 0 saturated carbocycles. The van der Waals surface area contributed by atoms with Crippen molar-refractivity contribution in [2.24, 2.45) is 0 Å². The van der Waals surface area contributed by atoms with Gasteiger partial charge in [-0.2, -0.15) is 0 Å². The fourth-order valence-corrected chi connectivity index (χ4v) is 1.12. The van der Waals surface area contributed by atoms with Crippen LogP contribution in [0.1, 0.15) is 12.8 Å². The maximum Gasteiger partial charge on any atom is 0.182 e. The molecule has 0 fully saturated rings. The quantitative estimate of drug-likeness (QED) is 0.600. The number of ketones is 1. The van der Waals surface area contributed by atoms with Crippen molar-refractivity contribution in [3.63, 3.8) is 0 Å². The number of rotatable bonds is 4. The molecule has 0 spiro atoms. The van der Waals surface area contributed by atoms with Gasteiger partial charge in [-0.05, 0) is 0 Å². The van der Waals surface area contributed by atoms with Gasteiger partial charge in [-0.1, -0.05) is 12.2 Å².